The van der Waals surface area contributed by atoms with E-state index in [1.807, 2.05) is 13.8 Å². The van der Waals surface area contributed by atoms with Crippen molar-refractivity contribution in [2.75, 3.05) is 6.54 Å². The van der Waals surface area contributed by atoms with E-state index in [4.69, 9.17) is 12.2 Å². The highest BCUT2D eigenvalue weighted by Crippen LogP contribution is 2.12. The van der Waals surface area contributed by atoms with Gasteiger partial charge in [0.15, 0.2) is 5.11 Å². The number of hydrogen-bond acceptors (Lipinski definition) is 5. The maximum absolute atomic E-state index is 11.8. The number of nitrogens with one attached hydrogen (secondary N) is 4. The molecule has 124 valence electrons. The summed E-state index contributed by atoms with van der Waals surface area (Å²) >= 11 is 4.91. The van der Waals surface area contributed by atoms with Crippen LogP contribution in [0.2, 0.25) is 0 Å². The monoisotopic (exact) mass is 339 g/mol. The van der Waals surface area contributed by atoms with Gasteiger partial charge in [-0.2, -0.15) is 0 Å². The molecule has 0 spiro atoms. The molecule has 10 heteroatoms. The molecular weight excluding hydrogens is 322 g/mol. The van der Waals surface area contributed by atoms with E-state index in [-0.39, 0.29) is 28.9 Å². The fraction of sp³-hybridized carbons (Fsp3) is 0.308. The van der Waals surface area contributed by atoms with Gasteiger partial charge in [-0.15, -0.1) is 0 Å². The highest BCUT2D eigenvalue weighted by molar-refractivity contribution is 7.80. The molecule has 1 aromatic rings. The van der Waals surface area contributed by atoms with Gasteiger partial charge in [0.1, 0.15) is 0 Å². The number of hydrazine groups is 1. The van der Waals surface area contributed by atoms with Crippen molar-refractivity contribution in [3.8, 4) is 0 Å². The fourth-order valence-electron chi connectivity index (χ4n) is 1.49. The van der Waals surface area contributed by atoms with E-state index in [9.17, 15) is 19.7 Å². The van der Waals surface area contributed by atoms with Gasteiger partial charge in [0.05, 0.1) is 11.5 Å². The van der Waals surface area contributed by atoms with Gasteiger partial charge in [0.25, 0.3) is 17.5 Å². The van der Waals surface area contributed by atoms with E-state index < -0.39 is 16.7 Å². The van der Waals surface area contributed by atoms with Gasteiger partial charge in [-0.25, -0.2) is 0 Å². The third-order valence-electron chi connectivity index (χ3n) is 2.46. The Balaban J connectivity index is 2.44. The number of nitrogens with zero attached hydrogens (tertiary/aromatic N) is 1. The van der Waals surface area contributed by atoms with Crippen LogP contribution in [0.25, 0.3) is 0 Å². The Bertz CT molecular complexity index is 620. The number of carbonyl (C=O) groups excluding carboxylic acids is 2. The minimum absolute atomic E-state index is 0.0944. The van der Waals surface area contributed by atoms with E-state index >= 15 is 0 Å². The van der Waals surface area contributed by atoms with Gasteiger partial charge in [-0.05, 0) is 32.1 Å². The predicted molar refractivity (Wildman–Crippen MR) is 87.6 cm³/mol. The molecule has 0 fully saturated rings. The second-order valence-corrected chi connectivity index (χ2v) is 5.20. The van der Waals surface area contributed by atoms with E-state index in [1.54, 1.807) is 0 Å². The standard InChI is InChI=1S/C13H17N5O4S/c1-8(2)15-13(23)17-16-11(19)7-14-12(20)9-4-3-5-10(6-9)18(21)22/h3-6,8H,7H2,1-2H3,(H,14,20)(H,16,19)(H2,15,17,23). The molecule has 1 aromatic carbocycles. The quantitative estimate of drug-likeness (QED) is 0.344. The summed E-state index contributed by atoms with van der Waals surface area (Å²) in [4.78, 5) is 33.4. The largest absolute Gasteiger partial charge is 0.359 e. The molecule has 23 heavy (non-hydrogen) atoms. The van der Waals surface area contributed by atoms with Crippen LogP contribution in [-0.2, 0) is 4.79 Å². The molecule has 4 N–H and O–H groups in total. The second kappa shape index (κ2) is 8.63. The molecule has 9 nitrogen and oxygen atoms in total. The van der Waals surface area contributed by atoms with Crippen LogP contribution < -0.4 is 21.5 Å². The van der Waals surface area contributed by atoms with E-state index in [0.29, 0.717) is 0 Å². The van der Waals surface area contributed by atoms with Gasteiger partial charge in [-0.1, -0.05) is 6.07 Å². The van der Waals surface area contributed by atoms with Gasteiger partial charge in [-0.3, -0.25) is 30.6 Å². The Labute approximate surface area is 137 Å². The van der Waals surface area contributed by atoms with Crippen LogP contribution in [-0.4, -0.2) is 34.4 Å². The maximum Gasteiger partial charge on any atom is 0.270 e. The lowest BCUT2D eigenvalue weighted by Crippen LogP contribution is -2.51. The summed E-state index contributed by atoms with van der Waals surface area (Å²) in [6.07, 6.45) is 0. The zero-order chi connectivity index (χ0) is 17.4. The second-order valence-electron chi connectivity index (χ2n) is 4.79. The number of nitro groups is 1. The van der Waals surface area contributed by atoms with Crippen molar-refractivity contribution < 1.29 is 14.5 Å². The minimum atomic E-state index is -0.601. The van der Waals surface area contributed by atoms with Gasteiger partial charge in [0, 0.05) is 23.7 Å². The lowest BCUT2D eigenvalue weighted by Gasteiger charge is -2.13. The van der Waals surface area contributed by atoms with Crippen LogP contribution in [0.5, 0.6) is 0 Å². The molecule has 0 saturated carbocycles. The fourth-order valence-corrected chi connectivity index (χ4v) is 1.78. The number of hydrogen-bond donors (Lipinski definition) is 4. The van der Waals surface area contributed by atoms with Crippen molar-refractivity contribution in [3.63, 3.8) is 0 Å². The summed E-state index contributed by atoms with van der Waals surface area (Å²) in [5, 5.41) is 16.1. The van der Waals surface area contributed by atoms with Crippen molar-refractivity contribution >= 4 is 34.8 Å². The Morgan fingerprint density at radius 1 is 1.30 bits per heavy atom. The molecular formula is C13H17N5O4S. The summed E-state index contributed by atoms with van der Waals surface area (Å²) in [5.41, 5.74) is 4.68. The molecule has 0 aliphatic heterocycles. The zero-order valence-corrected chi connectivity index (χ0v) is 13.4. The molecule has 0 heterocycles. The van der Waals surface area contributed by atoms with Crippen molar-refractivity contribution in [2.45, 2.75) is 19.9 Å². The minimum Gasteiger partial charge on any atom is -0.359 e. The molecule has 2 amide bonds. The van der Waals surface area contributed by atoms with E-state index in [0.717, 1.165) is 6.07 Å². The third-order valence-corrected chi connectivity index (χ3v) is 2.68. The SMILES string of the molecule is CC(C)NC(=S)NNC(=O)CNC(=O)c1cccc([N+](=O)[O-])c1. The summed E-state index contributed by atoms with van der Waals surface area (Å²) in [7, 11) is 0. The number of nitro benzene ring substituents is 1. The summed E-state index contributed by atoms with van der Waals surface area (Å²) in [6, 6.07) is 5.33. The normalized spacial score (nSPS) is 9.87. The lowest BCUT2D eigenvalue weighted by atomic mass is 10.2. The molecule has 1 rings (SSSR count). The van der Waals surface area contributed by atoms with Crippen molar-refractivity contribution in [2.24, 2.45) is 0 Å². The zero-order valence-electron chi connectivity index (χ0n) is 12.6. The first-order valence-electron chi connectivity index (χ1n) is 6.67. The first kappa shape index (κ1) is 18.3. The van der Waals surface area contributed by atoms with E-state index in [1.165, 1.54) is 18.2 Å². The van der Waals surface area contributed by atoms with Crippen LogP contribution in [0.3, 0.4) is 0 Å². The highest BCUT2D eigenvalue weighted by Gasteiger charge is 2.12. The lowest BCUT2D eigenvalue weighted by molar-refractivity contribution is -0.384. The van der Waals surface area contributed by atoms with Crippen molar-refractivity contribution in [1.82, 2.24) is 21.5 Å². The maximum atomic E-state index is 11.8. The first-order valence-corrected chi connectivity index (χ1v) is 7.08. The number of amides is 2. The molecule has 0 radical (unpaired) electrons. The number of rotatable bonds is 5. The summed E-state index contributed by atoms with van der Waals surface area (Å²) in [5.74, 6) is -1.11. The van der Waals surface area contributed by atoms with Crippen LogP contribution in [0.15, 0.2) is 24.3 Å². The van der Waals surface area contributed by atoms with Crippen molar-refractivity contribution in [1.29, 1.82) is 0 Å². The average molecular weight is 339 g/mol. The molecule has 0 unspecified atom stereocenters. The predicted octanol–water partition coefficient (Wildman–Crippen LogP) is 0.228. The summed E-state index contributed by atoms with van der Waals surface area (Å²) in [6.45, 7) is 3.46. The summed E-state index contributed by atoms with van der Waals surface area (Å²) < 4.78 is 0. The van der Waals surface area contributed by atoms with Crippen LogP contribution in [0.4, 0.5) is 5.69 Å². The Morgan fingerprint density at radius 2 is 2.00 bits per heavy atom. The molecule has 0 saturated heterocycles. The van der Waals surface area contributed by atoms with Gasteiger partial charge < -0.3 is 10.6 Å². The highest BCUT2D eigenvalue weighted by atomic mass is 32.1. The number of thiocarbonyl (C=S) groups is 1. The van der Waals surface area contributed by atoms with Crippen LogP contribution >= 0.6 is 12.2 Å². The third kappa shape index (κ3) is 6.70. The Hall–Kier alpha value is -2.75. The molecule has 0 atom stereocenters. The average Bonchev–Trinajstić information content (AvgIpc) is 2.50. The van der Waals surface area contributed by atoms with E-state index in [2.05, 4.69) is 21.5 Å². The number of benzene rings is 1. The van der Waals surface area contributed by atoms with Crippen molar-refractivity contribution in [3.05, 3.63) is 39.9 Å². The van der Waals surface area contributed by atoms with Crippen LogP contribution in [0, 0.1) is 10.1 Å². The van der Waals surface area contributed by atoms with Gasteiger partial charge >= 0.3 is 0 Å². The smallest absolute Gasteiger partial charge is 0.270 e. The molecule has 0 aromatic heterocycles. The topological polar surface area (TPSA) is 125 Å². The van der Waals surface area contributed by atoms with Gasteiger partial charge in [0.2, 0.25) is 0 Å². The number of non-ortho nitro benzene ring substituents is 1. The Morgan fingerprint density at radius 3 is 2.61 bits per heavy atom. The molecule has 0 aliphatic carbocycles. The number of carbonyl (C=O) groups is 2. The first-order chi connectivity index (χ1) is 10.8. The molecule has 0 aliphatic rings. The van der Waals surface area contributed by atoms with Crippen LogP contribution in [0.1, 0.15) is 24.2 Å². The Kier molecular flexibility index (Phi) is 6.87. The molecule has 0 bridgehead atoms.